The fourth-order valence-corrected chi connectivity index (χ4v) is 2.65. The average Bonchev–Trinajstić information content (AvgIpc) is 2.65. The summed E-state index contributed by atoms with van der Waals surface area (Å²) >= 11 is 0. The van der Waals surface area contributed by atoms with Crippen LogP contribution in [0, 0.1) is 11.3 Å². The molecule has 0 bridgehead atoms. The van der Waals surface area contributed by atoms with Crippen LogP contribution in [0.3, 0.4) is 0 Å². The van der Waals surface area contributed by atoms with Gasteiger partial charge in [0.05, 0.1) is 23.8 Å². The van der Waals surface area contributed by atoms with Crippen LogP contribution in [0.25, 0.3) is 0 Å². The van der Waals surface area contributed by atoms with Gasteiger partial charge in [0.1, 0.15) is 5.75 Å². The Balaban J connectivity index is 1.66. The molecule has 1 unspecified atom stereocenters. The first kappa shape index (κ1) is 15.8. The molecule has 21 heavy (non-hydrogen) atoms. The van der Waals surface area contributed by atoms with Crippen molar-refractivity contribution >= 4 is 0 Å². The molecule has 0 radical (unpaired) electrons. The zero-order chi connectivity index (χ0) is 15.1. The van der Waals surface area contributed by atoms with Crippen molar-refractivity contribution in [3.8, 4) is 11.8 Å². The lowest BCUT2D eigenvalue weighted by Gasteiger charge is -2.22. The molecule has 1 saturated heterocycles. The molecule has 0 aromatic heterocycles. The number of aliphatic hydroxyl groups is 1. The maximum absolute atomic E-state index is 10.1. The standard InChI is InChI=1S/C17H24N2O2/c1-17(20)8-2-10-19(12-9-17)11-3-13-21-16-6-4-15(14-18)5-7-16/h4-7,20H,2-3,8-13H2,1H3. The Bertz CT molecular complexity index is 477. The van der Waals surface area contributed by atoms with Crippen LogP contribution in [-0.4, -0.2) is 41.8 Å². The van der Waals surface area contributed by atoms with E-state index >= 15 is 0 Å². The van der Waals surface area contributed by atoms with Crippen molar-refractivity contribution in [2.24, 2.45) is 0 Å². The molecule has 1 N–H and O–H groups in total. The second kappa shape index (κ2) is 7.44. The summed E-state index contributed by atoms with van der Waals surface area (Å²) in [5.41, 5.74) is 0.159. The Kier molecular flexibility index (Phi) is 5.60. The fraction of sp³-hybridized carbons (Fsp3) is 0.588. The largest absolute Gasteiger partial charge is 0.494 e. The molecule has 114 valence electrons. The van der Waals surface area contributed by atoms with Gasteiger partial charge in [-0.15, -0.1) is 0 Å². The summed E-state index contributed by atoms with van der Waals surface area (Å²) in [4.78, 5) is 2.41. The molecule has 1 aromatic rings. The van der Waals surface area contributed by atoms with E-state index in [-0.39, 0.29) is 0 Å². The number of benzene rings is 1. The first-order valence-corrected chi connectivity index (χ1v) is 7.67. The molecule has 1 aromatic carbocycles. The quantitative estimate of drug-likeness (QED) is 0.846. The van der Waals surface area contributed by atoms with Crippen molar-refractivity contribution in [2.45, 2.75) is 38.2 Å². The topological polar surface area (TPSA) is 56.5 Å². The molecule has 1 heterocycles. The number of hydrogen-bond donors (Lipinski definition) is 1. The third kappa shape index (κ3) is 5.37. The highest BCUT2D eigenvalue weighted by molar-refractivity contribution is 5.34. The van der Waals surface area contributed by atoms with Gasteiger partial charge in [0.25, 0.3) is 0 Å². The first-order valence-electron chi connectivity index (χ1n) is 7.67. The minimum atomic E-state index is -0.492. The van der Waals surface area contributed by atoms with E-state index in [4.69, 9.17) is 10.00 Å². The highest BCUT2D eigenvalue weighted by Crippen LogP contribution is 2.21. The molecule has 2 rings (SSSR count). The molecule has 0 aliphatic carbocycles. The Hall–Kier alpha value is -1.57. The van der Waals surface area contributed by atoms with E-state index in [1.807, 2.05) is 19.1 Å². The zero-order valence-corrected chi connectivity index (χ0v) is 12.7. The number of likely N-dealkylation sites (tertiary alicyclic amines) is 1. The lowest BCUT2D eigenvalue weighted by Crippen LogP contribution is -2.29. The molecule has 4 heteroatoms. The summed E-state index contributed by atoms with van der Waals surface area (Å²) in [6.07, 6.45) is 3.78. The molecular weight excluding hydrogens is 264 g/mol. The van der Waals surface area contributed by atoms with Crippen molar-refractivity contribution in [2.75, 3.05) is 26.2 Å². The van der Waals surface area contributed by atoms with Crippen LogP contribution in [0.2, 0.25) is 0 Å². The van der Waals surface area contributed by atoms with Crippen LogP contribution in [0.4, 0.5) is 0 Å². The van der Waals surface area contributed by atoms with Crippen LogP contribution < -0.4 is 4.74 Å². The van der Waals surface area contributed by atoms with Crippen molar-refractivity contribution in [1.82, 2.24) is 4.90 Å². The van der Waals surface area contributed by atoms with Crippen LogP contribution in [0.15, 0.2) is 24.3 Å². The maximum atomic E-state index is 10.1. The lowest BCUT2D eigenvalue weighted by molar-refractivity contribution is 0.0445. The summed E-state index contributed by atoms with van der Waals surface area (Å²) in [7, 11) is 0. The molecule has 0 saturated carbocycles. The molecule has 1 fully saturated rings. The second-order valence-corrected chi connectivity index (χ2v) is 6.03. The molecule has 1 aliphatic rings. The average molecular weight is 288 g/mol. The lowest BCUT2D eigenvalue weighted by atomic mass is 9.98. The molecule has 0 spiro atoms. The zero-order valence-electron chi connectivity index (χ0n) is 12.7. The van der Waals surface area contributed by atoms with Gasteiger partial charge >= 0.3 is 0 Å². The highest BCUT2D eigenvalue weighted by Gasteiger charge is 2.24. The van der Waals surface area contributed by atoms with E-state index in [9.17, 15) is 5.11 Å². The van der Waals surface area contributed by atoms with Gasteiger partial charge in [-0.05, 0) is 63.4 Å². The fourth-order valence-electron chi connectivity index (χ4n) is 2.65. The van der Waals surface area contributed by atoms with Crippen molar-refractivity contribution in [3.05, 3.63) is 29.8 Å². The first-order chi connectivity index (χ1) is 10.1. The SMILES string of the molecule is CC1(O)CCCN(CCCOc2ccc(C#N)cc2)CC1. The summed E-state index contributed by atoms with van der Waals surface area (Å²) < 4.78 is 5.68. The Morgan fingerprint density at radius 1 is 1.29 bits per heavy atom. The van der Waals surface area contributed by atoms with E-state index in [0.29, 0.717) is 12.2 Å². The smallest absolute Gasteiger partial charge is 0.119 e. The second-order valence-electron chi connectivity index (χ2n) is 6.03. The molecule has 1 atom stereocenters. The molecule has 4 nitrogen and oxygen atoms in total. The van der Waals surface area contributed by atoms with Crippen LogP contribution in [0.1, 0.15) is 38.2 Å². The molecule has 0 amide bonds. The van der Waals surface area contributed by atoms with E-state index in [1.54, 1.807) is 12.1 Å². The monoisotopic (exact) mass is 288 g/mol. The van der Waals surface area contributed by atoms with Crippen LogP contribution in [0.5, 0.6) is 5.75 Å². The molecule has 1 aliphatic heterocycles. The van der Waals surface area contributed by atoms with Crippen LogP contribution in [-0.2, 0) is 0 Å². The number of nitriles is 1. The summed E-state index contributed by atoms with van der Waals surface area (Å²) in [5.74, 6) is 0.813. The van der Waals surface area contributed by atoms with Crippen molar-refractivity contribution in [1.29, 1.82) is 5.26 Å². The van der Waals surface area contributed by atoms with Gasteiger partial charge in [-0.25, -0.2) is 0 Å². The number of nitrogens with zero attached hydrogens (tertiary/aromatic N) is 2. The summed E-state index contributed by atoms with van der Waals surface area (Å²) in [6.45, 7) is 5.65. The van der Waals surface area contributed by atoms with Gasteiger partial charge < -0.3 is 14.7 Å². The Morgan fingerprint density at radius 3 is 2.76 bits per heavy atom. The van der Waals surface area contributed by atoms with E-state index in [0.717, 1.165) is 51.1 Å². The Labute approximate surface area is 127 Å². The van der Waals surface area contributed by atoms with Gasteiger partial charge in [-0.3, -0.25) is 0 Å². The van der Waals surface area contributed by atoms with E-state index in [1.165, 1.54) is 0 Å². The Morgan fingerprint density at radius 2 is 2.05 bits per heavy atom. The predicted octanol–water partition coefficient (Wildman–Crippen LogP) is 2.56. The van der Waals surface area contributed by atoms with E-state index < -0.39 is 5.60 Å². The third-order valence-corrected chi connectivity index (χ3v) is 4.03. The van der Waals surface area contributed by atoms with Crippen molar-refractivity contribution < 1.29 is 9.84 Å². The van der Waals surface area contributed by atoms with Gasteiger partial charge in [0.15, 0.2) is 0 Å². The van der Waals surface area contributed by atoms with Gasteiger partial charge in [0, 0.05) is 13.1 Å². The number of ether oxygens (including phenoxy) is 1. The third-order valence-electron chi connectivity index (χ3n) is 4.03. The van der Waals surface area contributed by atoms with Crippen molar-refractivity contribution in [3.63, 3.8) is 0 Å². The maximum Gasteiger partial charge on any atom is 0.119 e. The number of rotatable bonds is 5. The minimum Gasteiger partial charge on any atom is -0.494 e. The minimum absolute atomic E-state index is 0.492. The number of hydrogen-bond acceptors (Lipinski definition) is 4. The van der Waals surface area contributed by atoms with Gasteiger partial charge in [0.2, 0.25) is 0 Å². The highest BCUT2D eigenvalue weighted by atomic mass is 16.5. The summed E-state index contributed by atoms with van der Waals surface area (Å²) in [5, 5.41) is 18.8. The van der Waals surface area contributed by atoms with Gasteiger partial charge in [-0.2, -0.15) is 5.26 Å². The van der Waals surface area contributed by atoms with Crippen LogP contribution >= 0.6 is 0 Å². The predicted molar refractivity (Wildman–Crippen MR) is 82.2 cm³/mol. The normalized spacial score (nSPS) is 23.3. The van der Waals surface area contributed by atoms with Gasteiger partial charge in [-0.1, -0.05) is 0 Å². The summed E-state index contributed by atoms with van der Waals surface area (Å²) in [6, 6.07) is 9.30. The molecular formula is C17H24N2O2. The van der Waals surface area contributed by atoms with E-state index in [2.05, 4.69) is 11.0 Å².